The van der Waals surface area contributed by atoms with Gasteiger partial charge in [-0.05, 0) is 55.0 Å². The number of aromatic nitrogens is 3. The first-order chi connectivity index (χ1) is 8.63. The van der Waals surface area contributed by atoms with E-state index < -0.39 is 0 Å². The van der Waals surface area contributed by atoms with E-state index in [-0.39, 0.29) is 0 Å². The van der Waals surface area contributed by atoms with Crippen LogP contribution >= 0.6 is 22.6 Å². The zero-order valence-corrected chi connectivity index (χ0v) is 12.8. The van der Waals surface area contributed by atoms with Crippen LogP contribution in [0.3, 0.4) is 0 Å². The average molecular weight is 354 g/mol. The molecule has 0 amide bonds. The van der Waals surface area contributed by atoms with Gasteiger partial charge in [-0.25, -0.2) is 9.97 Å². The van der Waals surface area contributed by atoms with Gasteiger partial charge in [0.15, 0.2) is 5.82 Å². The molecule has 0 aliphatic heterocycles. The fourth-order valence-electron chi connectivity index (χ4n) is 1.69. The summed E-state index contributed by atoms with van der Waals surface area (Å²) >= 11 is 2.27. The molecule has 18 heavy (non-hydrogen) atoms. The summed E-state index contributed by atoms with van der Waals surface area (Å²) in [7, 11) is 0. The quantitative estimate of drug-likeness (QED) is 0.861. The maximum atomic E-state index is 4.60. The lowest BCUT2D eigenvalue weighted by Crippen LogP contribution is -2.06. The van der Waals surface area contributed by atoms with Crippen LogP contribution in [0.1, 0.15) is 18.2 Å². The summed E-state index contributed by atoms with van der Waals surface area (Å²) in [5.74, 6) is 1.65. The number of hydrogen-bond donors (Lipinski definition) is 1. The Hall–Kier alpha value is -1.24. The highest BCUT2D eigenvalue weighted by atomic mass is 127. The molecule has 94 valence electrons. The Labute approximate surface area is 120 Å². The van der Waals surface area contributed by atoms with Crippen LogP contribution in [0.4, 0.5) is 5.82 Å². The van der Waals surface area contributed by atoms with Crippen molar-refractivity contribution in [3.8, 4) is 11.4 Å². The van der Waals surface area contributed by atoms with Gasteiger partial charge in [0, 0.05) is 24.5 Å². The molecule has 0 radical (unpaired) electrons. The highest BCUT2D eigenvalue weighted by Crippen LogP contribution is 2.24. The largest absolute Gasteiger partial charge is 0.369 e. The highest BCUT2D eigenvalue weighted by Gasteiger charge is 2.11. The van der Waals surface area contributed by atoms with Gasteiger partial charge in [-0.15, -0.1) is 0 Å². The standard InChI is InChI=1S/C13H15IN4/c1-4-16-13-11(14)9(3)17-12(18-13)10-5-6-15-7-8(10)2/h5-7H,4H2,1-3H3,(H,16,17,18). The van der Waals surface area contributed by atoms with Gasteiger partial charge in [-0.1, -0.05) is 0 Å². The van der Waals surface area contributed by atoms with Gasteiger partial charge in [0.1, 0.15) is 5.82 Å². The fraction of sp³-hybridized carbons (Fsp3) is 0.308. The molecule has 0 fully saturated rings. The van der Waals surface area contributed by atoms with Crippen molar-refractivity contribution in [2.24, 2.45) is 0 Å². The number of pyridine rings is 1. The SMILES string of the molecule is CCNc1nc(-c2ccncc2C)nc(C)c1I. The number of rotatable bonds is 3. The van der Waals surface area contributed by atoms with E-state index in [1.165, 1.54) is 0 Å². The Morgan fingerprint density at radius 3 is 2.72 bits per heavy atom. The first-order valence-electron chi connectivity index (χ1n) is 5.82. The summed E-state index contributed by atoms with van der Waals surface area (Å²) < 4.78 is 1.07. The molecular formula is C13H15IN4. The van der Waals surface area contributed by atoms with Crippen LogP contribution < -0.4 is 5.32 Å². The Kier molecular flexibility index (Phi) is 4.11. The number of hydrogen-bond acceptors (Lipinski definition) is 4. The molecule has 2 aromatic heterocycles. The molecule has 0 atom stereocenters. The summed E-state index contributed by atoms with van der Waals surface area (Å²) in [6, 6.07) is 1.95. The maximum Gasteiger partial charge on any atom is 0.162 e. The van der Waals surface area contributed by atoms with Crippen molar-refractivity contribution in [1.29, 1.82) is 0 Å². The van der Waals surface area contributed by atoms with Crippen LogP contribution in [-0.2, 0) is 0 Å². The van der Waals surface area contributed by atoms with Crippen molar-refractivity contribution >= 4 is 28.4 Å². The average Bonchev–Trinajstić information content (AvgIpc) is 2.35. The van der Waals surface area contributed by atoms with E-state index in [0.29, 0.717) is 0 Å². The molecule has 0 unspecified atom stereocenters. The first-order valence-corrected chi connectivity index (χ1v) is 6.90. The lowest BCUT2D eigenvalue weighted by atomic mass is 10.1. The van der Waals surface area contributed by atoms with Crippen molar-refractivity contribution in [3.63, 3.8) is 0 Å². The molecule has 0 saturated heterocycles. The lowest BCUT2D eigenvalue weighted by molar-refractivity contribution is 1.06. The Bertz CT molecular complexity index is 569. The van der Waals surface area contributed by atoms with Crippen LogP contribution in [-0.4, -0.2) is 21.5 Å². The van der Waals surface area contributed by atoms with Gasteiger partial charge in [0.2, 0.25) is 0 Å². The molecule has 1 N–H and O–H groups in total. The molecule has 2 heterocycles. The van der Waals surface area contributed by atoms with Gasteiger partial charge in [0.25, 0.3) is 0 Å². The predicted molar refractivity (Wildman–Crippen MR) is 81.6 cm³/mol. The number of nitrogens with one attached hydrogen (secondary N) is 1. The molecule has 0 aliphatic carbocycles. The van der Waals surface area contributed by atoms with Gasteiger partial charge in [-0.3, -0.25) is 4.98 Å². The Morgan fingerprint density at radius 1 is 1.28 bits per heavy atom. The summed E-state index contributed by atoms with van der Waals surface area (Å²) in [5.41, 5.74) is 3.11. The second-order valence-corrected chi connectivity index (χ2v) is 5.09. The first kappa shape index (κ1) is 13.2. The molecule has 4 nitrogen and oxygen atoms in total. The minimum atomic E-state index is 0.753. The van der Waals surface area contributed by atoms with Crippen LogP contribution in [0.15, 0.2) is 18.5 Å². The normalized spacial score (nSPS) is 10.4. The van der Waals surface area contributed by atoms with Gasteiger partial charge in [0.05, 0.1) is 9.26 Å². The number of aryl methyl sites for hydroxylation is 2. The molecule has 0 saturated carbocycles. The Balaban J connectivity index is 2.56. The van der Waals surface area contributed by atoms with Crippen LogP contribution in [0.2, 0.25) is 0 Å². The minimum absolute atomic E-state index is 0.753. The smallest absolute Gasteiger partial charge is 0.162 e. The van der Waals surface area contributed by atoms with Crippen LogP contribution in [0.5, 0.6) is 0 Å². The van der Waals surface area contributed by atoms with Crippen LogP contribution in [0, 0.1) is 17.4 Å². The third-order valence-electron chi connectivity index (χ3n) is 2.62. The zero-order chi connectivity index (χ0) is 13.1. The minimum Gasteiger partial charge on any atom is -0.369 e. The van der Waals surface area contributed by atoms with E-state index in [1.54, 1.807) is 6.20 Å². The second kappa shape index (κ2) is 5.60. The van der Waals surface area contributed by atoms with E-state index in [0.717, 1.165) is 38.6 Å². The van der Waals surface area contributed by atoms with Crippen molar-refractivity contribution in [1.82, 2.24) is 15.0 Å². The van der Waals surface area contributed by atoms with Crippen molar-refractivity contribution < 1.29 is 0 Å². The monoisotopic (exact) mass is 354 g/mol. The van der Waals surface area contributed by atoms with Crippen molar-refractivity contribution in [2.75, 3.05) is 11.9 Å². The second-order valence-electron chi connectivity index (χ2n) is 4.02. The van der Waals surface area contributed by atoms with E-state index in [9.17, 15) is 0 Å². The summed E-state index contributed by atoms with van der Waals surface area (Å²) in [4.78, 5) is 13.3. The third kappa shape index (κ3) is 2.60. The lowest BCUT2D eigenvalue weighted by Gasteiger charge is -2.11. The number of anilines is 1. The predicted octanol–water partition coefficient (Wildman–Crippen LogP) is 3.19. The highest BCUT2D eigenvalue weighted by molar-refractivity contribution is 14.1. The van der Waals surface area contributed by atoms with Gasteiger partial charge in [-0.2, -0.15) is 0 Å². The summed E-state index contributed by atoms with van der Waals surface area (Å²) in [5, 5.41) is 3.27. The number of nitrogens with zero attached hydrogens (tertiary/aromatic N) is 3. The molecule has 0 aliphatic rings. The third-order valence-corrected chi connectivity index (χ3v) is 3.91. The molecule has 0 spiro atoms. The van der Waals surface area contributed by atoms with Gasteiger partial charge >= 0.3 is 0 Å². The van der Waals surface area contributed by atoms with Crippen molar-refractivity contribution in [2.45, 2.75) is 20.8 Å². The molecular weight excluding hydrogens is 339 g/mol. The Morgan fingerprint density at radius 2 is 2.06 bits per heavy atom. The summed E-state index contributed by atoms with van der Waals surface area (Å²) in [6.45, 7) is 6.93. The topological polar surface area (TPSA) is 50.7 Å². The number of halogens is 1. The van der Waals surface area contributed by atoms with E-state index in [1.807, 2.05) is 26.1 Å². The van der Waals surface area contributed by atoms with Gasteiger partial charge < -0.3 is 5.32 Å². The maximum absolute atomic E-state index is 4.60. The van der Waals surface area contributed by atoms with E-state index >= 15 is 0 Å². The van der Waals surface area contributed by atoms with E-state index in [4.69, 9.17) is 0 Å². The van der Waals surface area contributed by atoms with E-state index in [2.05, 4.69) is 49.8 Å². The molecule has 0 aromatic carbocycles. The molecule has 2 rings (SSSR count). The molecule has 2 aromatic rings. The van der Waals surface area contributed by atoms with Crippen LogP contribution in [0.25, 0.3) is 11.4 Å². The molecule has 5 heteroatoms. The summed E-state index contributed by atoms with van der Waals surface area (Å²) in [6.07, 6.45) is 3.60. The molecule has 0 bridgehead atoms. The fourth-order valence-corrected chi connectivity index (χ4v) is 2.12. The van der Waals surface area contributed by atoms with Crippen molar-refractivity contribution in [3.05, 3.63) is 33.3 Å². The zero-order valence-electron chi connectivity index (χ0n) is 10.7.